The van der Waals surface area contributed by atoms with E-state index in [-0.39, 0.29) is 12.1 Å². The van der Waals surface area contributed by atoms with Crippen molar-refractivity contribution in [1.29, 1.82) is 0 Å². The molecule has 2 atom stereocenters. The Morgan fingerprint density at radius 3 is 2.33 bits per heavy atom. The van der Waals surface area contributed by atoms with Gasteiger partial charge in [-0.2, -0.15) is 0 Å². The number of ether oxygens (including phenoxy) is 1. The zero-order valence-electron chi connectivity index (χ0n) is 24.6. The van der Waals surface area contributed by atoms with Crippen LogP contribution in [0.4, 0.5) is 11.4 Å². The fourth-order valence-electron chi connectivity index (χ4n) is 7.88. The van der Waals surface area contributed by atoms with E-state index in [1.165, 1.54) is 47.9 Å². The van der Waals surface area contributed by atoms with Crippen molar-refractivity contribution in [3.63, 3.8) is 0 Å². The van der Waals surface area contributed by atoms with E-state index in [4.69, 9.17) is 9.72 Å². The number of thiophene rings is 1. The number of anilines is 2. The highest BCUT2D eigenvalue weighted by atomic mass is 32.1. The first-order valence-corrected chi connectivity index (χ1v) is 16.5. The lowest BCUT2D eigenvalue weighted by atomic mass is 9.92. The molecule has 4 nitrogen and oxygen atoms in total. The van der Waals surface area contributed by atoms with E-state index in [1.54, 1.807) is 0 Å². The molecule has 216 valence electrons. The maximum atomic E-state index is 6.74. The summed E-state index contributed by atoms with van der Waals surface area (Å²) >= 11 is 1.87. The molecule has 46 heavy (non-hydrogen) atoms. The average molecular weight is 608 g/mol. The van der Waals surface area contributed by atoms with Crippen LogP contribution in [-0.2, 0) is 0 Å². The van der Waals surface area contributed by atoms with Crippen molar-refractivity contribution in [3.8, 4) is 17.0 Å². The van der Waals surface area contributed by atoms with Crippen LogP contribution >= 0.6 is 11.3 Å². The predicted octanol–water partition coefficient (Wildman–Crippen LogP) is 10.7. The Labute approximate surface area is 268 Å². The molecule has 0 spiro atoms. The smallest absolute Gasteiger partial charge is 0.187 e. The summed E-state index contributed by atoms with van der Waals surface area (Å²) in [6.45, 7) is 0. The van der Waals surface area contributed by atoms with Crippen molar-refractivity contribution < 1.29 is 4.74 Å². The minimum absolute atomic E-state index is 0.137. The molecule has 5 heterocycles. The van der Waals surface area contributed by atoms with Gasteiger partial charge in [-0.05, 0) is 66.2 Å². The number of aromatic nitrogens is 2. The van der Waals surface area contributed by atoms with Crippen molar-refractivity contribution in [2.75, 3.05) is 4.90 Å². The predicted molar refractivity (Wildman–Crippen MR) is 190 cm³/mol. The summed E-state index contributed by atoms with van der Waals surface area (Å²) in [7, 11) is 0. The monoisotopic (exact) mass is 607 g/mol. The Kier molecular flexibility index (Phi) is 4.80. The first-order chi connectivity index (χ1) is 22.8. The number of hydrogen-bond acceptors (Lipinski definition) is 4. The van der Waals surface area contributed by atoms with Crippen LogP contribution in [0.5, 0.6) is 5.75 Å². The molecule has 9 aromatic rings. The number of benzene rings is 6. The molecule has 11 rings (SSSR count). The number of fused-ring (bicyclic) bond motifs is 13. The second kappa shape index (κ2) is 8.96. The molecule has 5 heteroatoms. The van der Waals surface area contributed by atoms with E-state index in [0.717, 1.165) is 39.2 Å². The highest BCUT2D eigenvalue weighted by Gasteiger charge is 2.47. The molecule has 0 bridgehead atoms. The van der Waals surface area contributed by atoms with E-state index in [9.17, 15) is 0 Å². The summed E-state index contributed by atoms with van der Waals surface area (Å²) in [6.07, 6.45) is -0.137. The molecule has 0 radical (unpaired) electrons. The highest BCUT2D eigenvalue weighted by molar-refractivity contribution is 7.25. The fourth-order valence-corrected chi connectivity index (χ4v) is 9.02. The van der Waals surface area contributed by atoms with Gasteiger partial charge >= 0.3 is 0 Å². The number of rotatable bonds is 2. The van der Waals surface area contributed by atoms with Gasteiger partial charge in [0.2, 0.25) is 0 Å². The summed E-state index contributed by atoms with van der Waals surface area (Å²) in [5.41, 5.74) is 11.4. The summed E-state index contributed by atoms with van der Waals surface area (Å²) < 4.78 is 11.7. The van der Waals surface area contributed by atoms with E-state index < -0.39 is 0 Å². The molecule has 0 saturated carbocycles. The Bertz CT molecular complexity index is 2700. The first kappa shape index (κ1) is 24.6. The van der Waals surface area contributed by atoms with Crippen LogP contribution in [-0.4, -0.2) is 15.6 Å². The lowest BCUT2D eigenvalue weighted by Crippen LogP contribution is -2.32. The molecule has 0 aliphatic carbocycles. The molecule has 2 unspecified atom stereocenters. The lowest BCUT2D eigenvalue weighted by molar-refractivity contribution is 0.234. The Morgan fingerprint density at radius 2 is 1.39 bits per heavy atom. The Balaban J connectivity index is 1.10. The van der Waals surface area contributed by atoms with E-state index in [1.807, 2.05) is 11.3 Å². The number of para-hydroxylation sites is 4. The van der Waals surface area contributed by atoms with Gasteiger partial charge in [0.05, 0.1) is 33.7 Å². The van der Waals surface area contributed by atoms with Crippen LogP contribution in [0.2, 0.25) is 0 Å². The molecule has 2 aliphatic rings. The molecule has 0 N–H and O–H groups in total. The summed E-state index contributed by atoms with van der Waals surface area (Å²) in [5, 5.41) is 3.82. The standard InChI is InChI=1S/C41H25N3OS/c1-5-13-32-25(9-1)21-35-40(42-31-12-4-6-14-33(31)44(32)35)24-17-19-26(20-18-24)43-34-22-29-27-10-3-8-16-37(27)46-38(29)23-30(34)39-28-11-2-7-15-36(28)45-41(39)43/h1-23,39,41H. The molecule has 0 fully saturated rings. The van der Waals surface area contributed by atoms with Crippen LogP contribution in [0.1, 0.15) is 17.0 Å². The van der Waals surface area contributed by atoms with Gasteiger partial charge in [0, 0.05) is 48.1 Å². The van der Waals surface area contributed by atoms with Gasteiger partial charge < -0.3 is 14.0 Å². The third-order valence-corrected chi connectivity index (χ3v) is 11.0. The largest absolute Gasteiger partial charge is 0.469 e. The molecule has 3 aromatic heterocycles. The van der Waals surface area contributed by atoms with Crippen LogP contribution < -0.4 is 9.64 Å². The number of nitrogens with zero attached hydrogens (tertiary/aromatic N) is 3. The topological polar surface area (TPSA) is 29.8 Å². The van der Waals surface area contributed by atoms with Gasteiger partial charge in [-0.25, -0.2) is 4.98 Å². The lowest BCUT2D eigenvalue weighted by Gasteiger charge is -2.27. The van der Waals surface area contributed by atoms with E-state index in [2.05, 4.69) is 149 Å². The normalized spacial score (nSPS) is 16.8. The third-order valence-electron chi connectivity index (χ3n) is 9.89. The van der Waals surface area contributed by atoms with Gasteiger partial charge in [0.1, 0.15) is 5.75 Å². The van der Waals surface area contributed by atoms with Crippen LogP contribution in [0.25, 0.3) is 58.9 Å². The van der Waals surface area contributed by atoms with Gasteiger partial charge in [0.25, 0.3) is 0 Å². The maximum Gasteiger partial charge on any atom is 0.187 e. The van der Waals surface area contributed by atoms with E-state index in [0.29, 0.717) is 0 Å². The van der Waals surface area contributed by atoms with Crippen molar-refractivity contribution in [2.45, 2.75) is 12.1 Å². The number of hydrogen-bond donors (Lipinski definition) is 0. The molecular weight excluding hydrogens is 583 g/mol. The van der Waals surface area contributed by atoms with Crippen molar-refractivity contribution in [3.05, 3.63) is 151 Å². The fraction of sp³-hybridized carbons (Fsp3) is 0.0488. The second-order valence-corrected chi connectivity index (χ2v) is 13.4. The van der Waals surface area contributed by atoms with E-state index >= 15 is 0 Å². The molecular formula is C41H25N3OS. The first-order valence-electron chi connectivity index (χ1n) is 15.7. The average Bonchev–Trinajstić information content (AvgIpc) is 3.85. The molecule has 2 aliphatic heterocycles. The Morgan fingerprint density at radius 1 is 0.609 bits per heavy atom. The summed E-state index contributed by atoms with van der Waals surface area (Å²) in [6, 6.07) is 50.2. The van der Waals surface area contributed by atoms with Gasteiger partial charge in [-0.1, -0.05) is 78.9 Å². The Hall–Kier alpha value is -5.65. The maximum absolute atomic E-state index is 6.74. The van der Waals surface area contributed by atoms with Crippen molar-refractivity contribution in [1.82, 2.24) is 9.38 Å². The summed E-state index contributed by atoms with van der Waals surface area (Å²) in [4.78, 5) is 7.62. The van der Waals surface area contributed by atoms with Gasteiger partial charge in [-0.15, -0.1) is 11.3 Å². The van der Waals surface area contributed by atoms with Gasteiger partial charge in [-0.3, -0.25) is 0 Å². The zero-order valence-corrected chi connectivity index (χ0v) is 25.4. The van der Waals surface area contributed by atoms with Crippen LogP contribution in [0, 0.1) is 0 Å². The zero-order chi connectivity index (χ0) is 29.9. The minimum Gasteiger partial charge on any atom is -0.469 e. The second-order valence-electron chi connectivity index (χ2n) is 12.3. The summed E-state index contributed by atoms with van der Waals surface area (Å²) in [5.74, 6) is 1.12. The van der Waals surface area contributed by atoms with Crippen LogP contribution in [0.15, 0.2) is 140 Å². The highest BCUT2D eigenvalue weighted by Crippen LogP contribution is 2.56. The third kappa shape index (κ3) is 3.25. The molecule has 6 aromatic carbocycles. The minimum atomic E-state index is -0.137. The van der Waals surface area contributed by atoms with Crippen molar-refractivity contribution >= 4 is 70.3 Å². The molecule has 0 amide bonds. The van der Waals surface area contributed by atoms with Crippen LogP contribution in [0.3, 0.4) is 0 Å². The SMILES string of the molecule is c1ccc2c(c1)OC1C2c2cc3sc4ccccc4c3cc2N1c1ccc(-c2nc3ccccc3n3c2cc2ccccc23)cc1. The van der Waals surface area contributed by atoms with Crippen molar-refractivity contribution in [2.24, 2.45) is 0 Å². The van der Waals surface area contributed by atoms with Gasteiger partial charge in [0.15, 0.2) is 6.23 Å². The quantitative estimate of drug-likeness (QED) is 0.196. The molecule has 0 saturated heterocycles.